The van der Waals surface area contributed by atoms with Crippen molar-refractivity contribution in [2.45, 2.75) is 31.7 Å². The molecule has 5 amide bonds. The van der Waals surface area contributed by atoms with Crippen molar-refractivity contribution < 1.29 is 71.9 Å². The summed E-state index contributed by atoms with van der Waals surface area (Å²) in [5.41, 5.74) is 1.14. The Morgan fingerprint density at radius 1 is 0.803 bits per heavy atom. The molecule has 5 rings (SSSR count). The second kappa shape index (κ2) is 21.7. The van der Waals surface area contributed by atoms with Gasteiger partial charge in [0.1, 0.15) is 11.8 Å². The predicted octanol–water partition coefficient (Wildman–Crippen LogP) is 2.59. The third-order valence-corrected chi connectivity index (χ3v) is 9.07. The van der Waals surface area contributed by atoms with Crippen LogP contribution in [0.15, 0.2) is 66.7 Å². The normalized spacial score (nSPS) is 14.9. The van der Waals surface area contributed by atoms with E-state index in [9.17, 15) is 43.5 Å². The van der Waals surface area contributed by atoms with Gasteiger partial charge in [-0.05, 0) is 66.1 Å². The lowest BCUT2D eigenvalue weighted by Gasteiger charge is -2.27. The number of nitrogens with one attached hydrogen (secondary N) is 2. The van der Waals surface area contributed by atoms with Crippen LogP contribution in [-0.4, -0.2) is 117 Å². The fraction of sp³-hybridized carbons (Fsp3) is 0.302. The van der Waals surface area contributed by atoms with Crippen LogP contribution in [0.5, 0.6) is 28.7 Å². The maximum atomic E-state index is 13.2. The van der Waals surface area contributed by atoms with E-state index in [-0.39, 0.29) is 98.5 Å². The van der Waals surface area contributed by atoms with Gasteiger partial charge in [0.05, 0.1) is 64.6 Å². The lowest BCUT2D eigenvalue weighted by atomic mass is 10.0. The molecule has 2 heterocycles. The second-order valence-electron chi connectivity index (χ2n) is 13.3. The molecule has 18 nitrogen and oxygen atoms in total. The van der Waals surface area contributed by atoms with Crippen LogP contribution in [0, 0.1) is 0 Å². The Kier molecular flexibility index (Phi) is 16.0. The van der Waals surface area contributed by atoms with E-state index in [0.717, 1.165) is 4.90 Å². The molecule has 3 N–H and O–H groups in total. The number of piperidine rings is 1. The molecule has 2 aliphatic heterocycles. The largest absolute Gasteiger partial charge is 0.504 e. The van der Waals surface area contributed by atoms with Crippen molar-refractivity contribution in [3.63, 3.8) is 0 Å². The minimum absolute atomic E-state index is 0.000553. The Labute approximate surface area is 349 Å². The van der Waals surface area contributed by atoms with Gasteiger partial charge in [0, 0.05) is 13.0 Å². The van der Waals surface area contributed by atoms with E-state index in [2.05, 4.69) is 10.6 Å². The zero-order chi connectivity index (χ0) is 43.9. The highest BCUT2D eigenvalue weighted by molar-refractivity contribution is 6.24. The molecule has 1 atom stereocenters. The average molecular weight is 842 g/mol. The third-order valence-electron chi connectivity index (χ3n) is 9.07. The number of hydrogen-bond donors (Lipinski definition) is 3. The Morgan fingerprint density at radius 2 is 1.48 bits per heavy atom. The molecule has 1 unspecified atom stereocenters. The smallest absolute Gasteiger partial charge is 0.313 e. The van der Waals surface area contributed by atoms with Gasteiger partial charge in [-0.15, -0.1) is 0 Å². The first-order chi connectivity index (χ1) is 29.4. The SMILES string of the molecule is COc1cc(/C=C/C(=O)CC(=O)/C=C/c2ccc(OC(=O)CCOCCOCCNC(=O)COc3cccc4c3C(=O)N(C3CCC(=O)NC3=O)C4=O)c(OC)c2)ccc1O. The number of rotatable bonds is 22. The molecule has 18 heteroatoms. The lowest BCUT2D eigenvalue weighted by molar-refractivity contribution is -0.137. The summed E-state index contributed by atoms with van der Waals surface area (Å²) in [6, 6.07) is 12.5. The molecule has 0 bridgehead atoms. The number of benzene rings is 3. The maximum absolute atomic E-state index is 13.2. The van der Waals surface area contributed by atoms with Gasteiger partial charge in [-0.2, -0.15) is 0 Å². The number of carbonyl (C=O) groups is 8. The highest BCUT2D eigenvalue weighted by Crippen LogP contribution is 2.34. The lowest BCUT2D eigenvalue weighted by Crippen LogP contribution is -2.54. The topological polar surface area (TPSA) is 239 Å². The molecule has 0 radical (unpaired) electrons. The first-order valence-corrected chi connectivity index (χ1v) is 19.0. The van der Waals surface area contributed by atoms with Crippen LogP contribution >= 0.6 is 0 Å². The minimum atomic E-state index is -1.13. The number of hydrogen-bond acceptors (Lipinski definition) is 15. The van der Waals surface area contributed by atoms with E-state index in [1.165, 1.54) is 68.9 Å². The molecule has 1 fully saturated rings. The molecule has 320 valence electrons. The number of methoxy groups -OCH3 is 2. The molecule has 0 aliphatic carbocycles. The van der Waals surface area contributed by atoms with Crippen LogP contribution in [0.1, 0.15) is 57.5 Å². The number of allylic oxidation sites excluding steroid dienone is 2. The molecule has 2 aliphatic rings. The average Bonchev–Trinajstić information content (AvgIpc) is 3.50. The molecule has 0 spiro atoms. The van der Waals surface area contributed by atoms with Gasteiger partial charge >= 0.3 is 5.97 Å². The predicted molar refractivity (Wildman–Crippen MR) is 214 cm³/mol. The van der Waals surface area contributed by atoms with Gasteiger partial charge in [-0.3, -0.25) is 48.6 Å². The number of aromatic hydroxyl groups is 1. The number of carbonyl (C=O) groups excluding carboxylic acids is 8. The van der Waals surface area contributed by atoms with E-state index >= 15 is 0 Å². The monoisotopic (exact) mass is 841 g/mol. The van der Waals surface area contributed by atoms with Gasteiger partial charge in [0.2, 0.25) is 11.8 Å². The summed E-state index contributed by atoms with van der Waals surface area (Å²) >= 11 is 0. The first kappa shape index (κ1) is 44.9. The number of ether oxygens (including phenoxy) is 6. The van der Waals surface area contributed by atoms with E-state index in [1.54, 1.807) is 24.3 Å². The number of phenolic OH excluding ortho intramolecular Hbond substituents is 1. The number of amides is 5. The second-order valence-corrected chi connectivity index (χ2v) is 13.3. The molecule has 3 aromatic rings. The van der Waals surface area contributed by atoms with Crippen molar-refractivity contribution in [2.24, 2.45) is 0 Å². The Morgan fingerprint density at radius 3 is 2.16 bits per heavy atom. The fourth-order valence-electron chi connectivity index (χ4n) is 6.05. The van der Waals surface area contributed by atoms with E-state index in [0.29, 0.717) is 11.1 Å². The van der Waals surface area contributed by atoms with Crippen molar-refractivity contribution in [1.29, 1.82) is 0 Å². The van der Waals surface area contributed by atoms with Crippen molar-refractivity contribution in [1.82, 2.24) is 15.5 Å². The standard InChI is InChI=1S/C43H43N3O15/c1-56-35-22-26(8-13-32(35)49)6-10-28(47)24-29(48)11-7-27-9-14-33(36(23-27)57-2)61-39(52)16-18-58-20-21-59-19-17-44-38(51)25-60-34-5-3-4-30-40(34)43(55)46(42(30)54)31-12-15-37(50)45-41(31)53/h3-11,13-14,22-23,31,49H,12,15-21,24-25H2,1-2H3,(H,44,51)(H,45,50,53)/b10-6+,11-7+. The Hall–Kier alpha value is -7.18. The van der Waals surface area contributed by atoms with Gasteiger partial charge in [0.15, 0.2) is 41.2 Å². The minimum Gasteiger partial charge on any atom is -0.504 e. The zero-order valence-corrected chi connectivity index (χ0v) is 33.3. The van der Waals surface area contributed by atoms with Crippen LogP contribution < -0.4 is 29.6 Å². The van der Waals surface area contributed by atoms with Crippen LogP contribution in [0.25, 0.3) is 12.2 Å². The highest BCUT2D eigenvalue weighted by atomic mass is 16.6. The number of phenols is 1. The van der Waals surface area contributed by atoms with Crippen molar-refractivity contribution in [3.8, 4) is 28.7 Å². The van der Waals surface area contributed by atoms with Crippen LogP contribution in [0.2, 0.25) is 0 Å². The molecular formula is C43H43N3O15. The zero-order valence-electron chi connectivity index (χ0n) is 33.3. The van der Waals surface area contributed by atoms with Crippen molar-refractivity contribution >= 4 is 59.2 Å². The number of fused-ring (bicyclic) bond motifs is 1. The Bertz CT molecular complexity index is 2250. The van der Waals surface area contributed by atoms with Crippen LogP contribution in [0.3, 0.4) is 0 Å². The van der Waals surface area contributed by atoms with Crippen molar-refractivity contribution in [2.75, 3.05) is 53.8 Å². The van der Waals surface area contributed by atoms with Gasteiger partial charge in [-0.1, -0.05) is 30.4 Å². The Balaban J connectivity index is 0.935. The van der Waals surface area contributed by atoms with E-state index in [1.807, 2.05) is 0 Å². The summed E-state index contributed by atoms with van der Waals surface area (Å²) in [4.78, 5) is 100. The molecule has 61 heavy (non-hydrogen) atoms. The third kappa shape index (κ3) is 12.4. The number of nitrogens with zero attached hydrogens (tertiary/aromatic N) is 1. The van der Waals surface area contributed by atoms with Crippen LogP contribution in [0.4, 0.5) is 0 Å². The number of ketones is 2. The summed E-state index contributed by atoms with van der Waals surface area (Å²) in [6.45, 7) is 0.173. The van der Waals surface area contributed by atoms with Crippen LogP contribution in [-0.2, 0) is 38.2 Å². The highest BCUT2D eigenvalue weighted by Gasteiger charge is 2.46. The molecule has 0 saturated carbocycles. The summed E-state index contributed by atoms with van der Waals surface area (Å²) in [7, 11) is 2.80. The summed E-state index contributed by atoms with van der Waals surface area (Å²) in [5.74, 6) is -3.98. The first-order valence-electron chi connectivity index (χ1n) is 19.0. The molecule has 3 aromatic carbocycles. The molecule has 1 saturated heterocycles. The maximum Gasteiger partial charge on any atom is 0.313 e. The molecule has 0 aromatic heterocycles. The summed E-state index contributed by atoms with van der Waals surface area (Å²) in [5, 5.41) is 14.4. The van der Waals surface area contributed by atoms with Gasteiger partial charge < -0.3 is 38.8 Å². The van der Waals surface area contributed by atoms with E-state index in [4.69, 9.17) is 28.4 Å². The van der Waals surface area contributed by atoms with Gasteiger partial charge in [-0.25, -0.2) is 0 Å². The fourth-order valence-corrected chi connectivity index (χ4v) is 6.05. The summed E-state index contributed by atoms with van der Waals surface area (Å²) in [6.07, 6.45) is 5.12. The quantitative estimate of drug-likeness (QED) is 0.0329. The van der Waals surface area contributed by atoms with Gasteiger partial charge in [0.25, 0.3) is 17.7 Å². The number of esters is 1. The summed E-state index contributed by atoms with van der Waals surface area (Å²) < 4.78 is 32.2. The van der Waals surface area contributed by atoms with Crippen molar-refractivity contribution in [3.05, 3.63) is 89.0 Å². The molecular weight excluding hydrogens is 798 g/mol. The van der Waals surface area contributed by atoms with E-state index < -0.39 is 59.7 Å². The number of imide groups is 2.